The Kier molecular flexibility index (Phi) is 5.64. The molecule has 0 aliphatic carbocycles. The molecule has 0 aromatic heterocycles. The van der Waals surface area contributed by atoms with Gasteiger partial charge in [0.05, 0.1) is 11.4 Å². The van der Waals surface area contributed by atoms with Crippen LogP contribution in [0.1, 0.15) is 5.56 Å². The number of hydrogen-bond donors (Lipinski definition) is 0. The van der Waals surface area contributed by atoms with Crippen LogP contribution in [0.5, 0.6) is 0 Å². The van der Waals surface area contributed by atoms with Crippen LogP contribution in [0.2, 0.25) is 0 Å². The molecule has 0 aliphatic rings. The summed E-state index contributed by atoms with van der Waals surface area (Å²) < 4.78 is 10.5. The normalized spacial score (nSPS) is 11.0. The van der Waals surface area contributed by atoms with E-state index in [9.17, 15) is 0 Å². The summed E-state index contributed by atoms with van der Waals surface area (Å²) >= 11 is 0. The Morgan fingerprint density at radius 2 is 0.857 bits per heavy atom. The van der Waals surface area contributed by atoms with E-state index in [1.807, 2.05) is 48.5 Å². The van der Waals surface area contributed by atoms with Crippen molar-refractivity contribution < 1.29 is 0 Å². The van der Waals surface area contributed by atoms with Crippen LogP contribution in [0.15, 0.2) is 135 Å². The van der Waals surface area contributed by atoms with Crippen molar-refractivity contribution >= 4 is 21.0 Å². The molecule has 0 bridgehead atoms. The van der Waals surface area contributed by atoms with E-state index in [2.05, 4.69) is 72.8 Å². The summed E-state index contributed by atoms with van der Waals surface area (Å²) in [5, 5.41) is 0. The summed E-state index contributed by atoms with van der Waals surface area (Å²) in [5.74, 6) is 0.766. The molecule has 138 valence electrons. The Labute approximate surface area is 167 Å². The van der Waals surface area contributed by atoms with Gasteiger partial charge in [0.2, 0.25) is 0 Å². The van der Waals surface area contributed by atoms with Gasteiger partial charge in [-0.05, 0) is 51.6 Å². The zero-order valence-corrected chi connectivity index (χ0v) is 16.4. The van der Waals surface area contributed by atoms with E-state index < -0.39 is 9.62 Å². The van der Waals surface area contributed by atoms with E-state index in [1.165, 1.54) is 5.56 Å². The third-order valence-electron chi connectivity index (χ3n) is 4.36. The molecule has 0 atom stereocenters. The van der Waals surface area contributed by atoms with Crippen LogP contribution >= 0.6 is 0 Å². The van der Waals surface area contributed by atoms with Crippen molar-refractivity contribution in [2.45, 2.75) is 10.6 Å². The fraction of sp³-hybridized carbons (Fsp3) is 0.0400. The molecule has 0 heterocycles. The predicted molar refractivity (Wildman–Crippen MR) is 119 cm³/mol. The van der Waals surface area contributed by atoms with Crippen LogP contribution in [-0.2, 0) is 15.4 Å². The highest BCUT2D eigenvalue weighted by Crippen LogP contribution is 2.30. The van der Waals surface area contributed by atoms with Gasteiger partial charge in [0.15, 0.2) is 0 Å². The summed E-state index contributed by atoms with van der Waals surface area (Å²) in [4.78, 5) is 1.16. The Balaban J connectivity index is 2.02. The smallest absolute Gasteiger partial charge is 0.0717 e. The van der Waals surface area contributed by atoms with E-state index in [-0.39, 0.29) is 0 Å². The molecule has 4 rings (SSSR count). The van der Waals surface area contributed by atoms with Gasteiger partial charge < -0.3 is 0 Å². The molecule has 0 spiro atoms. The summed E-state index contributed by atoms with van der Waals surface area (Å²) in [6.45, 7) is 0. The molecule has 0 saturated carbocycles. The minimum absolute atomic E-state index is 0.766. The van der Waals surface area contributed by atoms with E-state index in [0.717, 1.165) is 22.0 Å². The molecule has 4 aromatic carbocycles. The molecule has 0 saturated heterocycles. The van der Waals surface area contributed by atoms with Gasteiger partial charge in [-0.3, -0.25) is 0 Å². The predicted octanol–water partition coefficient (Wildman–Crippen LogP) is 7.43. The molecule has 0 N–H and O–H groups in total. The highest BCUT2D eigenvalue weighted by Gasteiger charge is 2.13. The van der Waals surface area contributed by atoms with E-state index in [1.54, 1.807) is 0 Å². The highest BCUT2D eigenvalue weighted by atomic mass is 32.2. The Bertz CT molecular complexity index is 1080. The van der Waals surface area contributed by atoms with Crippen molar-refractivity contribution in [1.29, 1.82) is 0 Å². The first kappa shape index (κ1) is 18.2. The topological polar surface area (TPSA) is 24.7 Å². The quantitative estimate of drug-likeness (QED) is 0.343. The maximum atomic E-state index is 5.27. The Morgan fingerprint density at radius 1 is 0.464 bits per heavy atom. The number of benzene rings is 4. The molecule has 0 unspecified atom stereocenters. The molecule has 0 fully saturated rings. The zero-order chi connectivity index (χ0) is 19.1. The third kappa shape index (κ3) is 4.38. The second-order valence-electron chi connectivity index (χ2n) is 6.46. The summed E-state index contributed by atoms with van der Waals surface area (Å²) in [6.07, 6.45) is 0. The fourth-order valence-corrected chi connectivity index (χ4v) is 5.78. The first-order chi connectivity index (χ1) is 13.8. The molecular formula is C25H22N2S. The maximum Gasteiger partial charge on any atom is 0.0717 e. The largest absolute Gasteiger partial charge is 0.213 e. The standard InChI is InChI=1S/C25H22N2S/c1-5-13-22(14-6-1)21-28(25-19-11-4-12-20-25,26-23-15-7-2-8-16-23)27-24-17-9-3-10-18-24/h1-20H,21H2. The number of rotatable bonds is 5. The average molecular weight is 383 g/mol. The van der Waals surface area contributed by atoms with Gasteiger partial charge in [0.25, 0.3) is 0 Å². The zero-order valence-electron chi connectivity index (χ0n) is 15.6. The van der Waals surface area contributed by atoms with Crippen LogP contribution in [-0.4, -0.2) is 0 Å². The SMILES string of the molecule is c1ccc(CS(=Nc2ccccc2)(=Nc2ccccc2)c2ccccc2)cc1. The molecular weight excluding hydrogens is 360 g/mol. The minimum Gasteiger partial charge on any atom is -0.213 e. The lowest BCUT2D eigenvalue weighted by atomic mass is 10.2. The van der Waals surface area contributed by atoms with Gasteiger partial charge >= 0.3 is 0 Å². The van der Waals surface area contributed by atoms with Gasteiger partial charge in [0, 0.05) is 10.6 Å². The molecule has 3 heteroatoms. The molecule has 0 aliphatic heterocycles. The van der Waals surface area contributed by atoms with Gasteiger partial charge in [-0.1, -0.05) is 84.9 Å². The molecule has 4 aromatic rings. The highest BCUT2D eigenvalue weighted by molar-refractivity contribution is 7.95. The lowest BCUT2D eigenvalue weighted by Crippen LogP contribution is -2.04. The van der Waals surface area contributed by atoms with Crippen LogP contribution in [0.4, 0.5) is 11.4 Å². The second-order valence-corrected chi connectivity index (χ2v) is 8.92. The molecule has 2 nitrogen and oxygen atoms in total. The average Bonchev–Trinajstić information content (AvgIpc) is 2.76. The van der Waals surface area contributed by atoms with E-state index in [0.29, 0.717) is 0 Å². The summed E-state index contributed by atoms with van der Waals surface area (Å²) in [7, 11) is -1.88. The van der Waals surface area contributed by atoms with Crippen LogP contribution in [0.25, 0.3) is 0 Å². The second kappa shape index (κ2) is 8.68. The fourth-order valence-electron chi connectivity index (χ4n) is 3.05. The van der Waals surface area contributed by atoms with Crippen molar-refractivity contribution in [2.24, 2.45) is 8.73 Å². The molecule has 28 heavy (non-hydrogen) atoms. The third-order valence-corrected chi connectivity index (χ3v) is 7.15. The van der Waals surface area contributed by atoms with Crippen LogP contribution in [0.3, 0.4) is 0 Å². The van der Waals surface area contributed by atoms with Gasteiger partial charge in [-0.25, -0.2) is 8.73 Å². The van der Waals surface area contributed by atoms with Gasteiger partial charge in [-0.2, -0.15) is 0 Å². The molecule has 0 amide bonds. The van der Waals surface area contributed by atoms with E-state index >= 15 is 0 Å². The van der Waals surface area contributed by atoms with Crippen molar-refractivity contribution in [2.75, 3.05) is 0 Å². The van der Waals surface area contributed by atoms with Crippen molar-refractivity contribution in [3.05, 3.63) is 127 Å². The molecule has 0 radical (unpaired) electrons. The van der Waals surface area contributed by atoms with Crippen molar-refractivity contribution in [3.8, 4) is 0 Å². The number of nitrogens with zero attached hydrogens (tertiary/aromatic N) is 2. The van der Waals surface area contributed by atoms with Crippen LogP contribution in [0, 0.1) is 0 Å². The lowest BCUT2D eigenvalue weighted by molar-refractivity contribution is 1.32. The monoisotopic (exact) mass is 382 g/mol. The van der Waals surface area contributed by atoms with Gasteiger partial charge in [0.1, 0.15) is 0 Å². The van der Waals surface area contributed by atoms with Gasteiger partial charge in [-0.15, -0.1) is 0 Å². The van der Waals surface area contributed by atoms with Crippen molar-refractivity contribution in [3.63, 3.8) is 0 Å². The van der Waals surface area contributed by atoms with Crippen LogP contribution < -0.4 is 0 Å². The number of hydrogen-bond acceptors (Lipinski definition) is 2. The summed E-state index contributed by atoms with van der Waals surface area (Å²) in [6, 6.07) is 41.4. The Hall–Kier alpha value is -3.17. The van der Waals surface area contributed by atoms with E-state index in [4.69, 9.17) is 8.73 Å². The van der Waals surface area contributed by atoms with Crippen molar-refractivity contribution in [1.82, 2.24) is 0 Å². The first-order valence-corrected chi connectivity index (χ1v) is 11.0. The minimum atomic E-state index is -1.88. The lowest BCUT2D eigenvalue weighted by Gasteiger charge is -2.18. The Morgan fingerprint density at radius 3 is 1.32 bits per heavy atom. The maximum absolute atomic E-state index is 5.27. The summed E-state index contributed by atoms with van der Waals surface area (Å²) in [5.41, 5.74) is 3.15. The first-order valence-electron chi connectivity index (χ1n) is 9.30.